The first kappa shape index (κ1) is 13.1. The minimum Gasteiger partial charge on any atom is -0.399 e. The number of rotatable bonds is 1. The Hall–Kier alpha value is -3.33. The number of nitrogen functional groups attached to an aromatic ring is 1. The summed E-state index contributed by atoms with van der Waals surface area (Å²) in [6, 6.07) is 24.8. The number of H-pyrrole nitrogens is 1. The van der Waals surface area contributed by atoms with E-state index in [1.807, 2.05) is 24.3 Å². The van der Waals surface area contributed by atoms with Gasteiger partial charge in [0.1, 0.15) is 5.82 Å². The van der Waals surface area contributed by atoms with E-state index in [1.54, 1.807) is 0 Å². The molecular formula is C21H15N3. The molecule has 0 radical (unpaired) electrons. The summed E-state index contributed by atoms with van der Waals surface area (Å²) >= 11 is 0. The second kappa shape index (κ2) is 4.83. The Balaban J connectivity index is 1.83. The first-order chi connectivity index (χ1) is 11.8. The Morgan fingerprint density at radius 1 is 0.750 bits per heavy atom. The van der Waals surface area contributed by atoms with Crippen LogP contribution < -0.4 is 5.73 Å². The van der Waals surface area contributed by atoms with Gasteiger partial charge in [0, 0.05) is 16.6 Å². The monoisotopic (exact) mass is 309 g/mol. The summed E-state index contributed by atoms with van der Waals surface area (Å²) < 4.78 is 0. The van der Waals surface area contributed by atoms with Gasteiger partial charge in [-0.3, -0.25) is 0 Å². The molecule has 3 heteroatoms. The maximum Gasteiger partial charge on any atom is 0.138 e. The van der Waals surface area contributed by atoms with Gasteiger partial charge in [0.05, 0.1) is 11.0 Å². The topological polar surface area (TPSA) is 54.7 Å². The van der Waals surface area contributed by atoms with E-state index in [2.05, 4.69) is 53.5 Å². The van der Waals surface area contributed by atoms with E-state index in [9.17, 15) is 0 Å². The smallest absolute Gasteiger partial charge is 0.138 e. The lowest BCUT2D eigenvalue weighted by Gasteiger charge is -2.03. The summed E-state index contributed by atoms with van der Waals surface area (Å²) in [6.07, 6.45) is 0. The van der Waals surface area contributed by atoms with Crippen LogP contribution in [0.4, 0.5) is 5.69 Å². The van der Waals surface area contributed by atoms with Gasteiger partial charge in [-0.2, -0.15) is 0 Å². The third kappa shape index (κ3) is 1.88. The highest BCUT2D eigenvalue weighted by Gasteiger charge is 2.10. The Kier molecular flexibility index (Phi) is 2.65. The third-order valence-corrected chi connectivity index (χ3v) is 4.53. The zero-order valence-electron chi connectivity index (χ0n) is 13.0. The molecule has 0 unspecified atom stereocenters. The first-order valence-electron chi connectivity index (χ1n) is 7.96. The SMILES string of the molecule is Nc1cccc(-c2nc3c(ccc4c5ccccc5ccc43)[nH]2)c1. The molecule has 0 saturated carbocycles. The van der Waals surface area contributed by atoms with E-state index < -0.39 is 0 Å². The van der Waals surface area contributed by atoms with Crippen LogP contribution in [0, 0.1) is 0 Å². The van der Waals surface area contributed by atoms with Gasteiger partial charge in [0.15, 0.2) is 0 Å². The zero-order chi connectivity index (χ0) is 16.1. The van der Waals surface area contributed by atoms with Crippen LogP contribution in [0.15, 0.2) is 72.8 Å². The molecule has 0 atom stereocenters. The van der Waals surface area contributed by atoms with Gasteiger partial charge in [0.25, 0.3) is 0 Å². The van der Waals surface area contributed by atoms with Gasteiger partial charge in [-0.1, -0.05) is 54.6 Å². The Bertz CT molecular complexity index is 1220. The van der Waals surface area contributed by atoms with Crippen LogP contribution in [-0.2, 0) is 0 Å². The van der Waals surface area contributed by atoms with Gasteiger partial charge in [-0.15, -0.1) is 0 Å². The molecule has 114 valence electrons. The lowest BCUT2D eigenvalue weighted by molar-refractivity contribution is 1.34. The molecule has 0 aliphatic carbocycles. The Labute approximate surface area is 138 Å². The molecule has 5 aromatic rings. The number of hydrogen-bond acceptors (Lipinski definition) is 2. The molecule has 0 fully saturated rings. The number of aromatic nitrogens is 2. The van der Waals surface area contributed by atoms with Gasteiger partial charge >= 0.3 is 0 Å². The Morgan fingerprint density at radius 3 is 2.54 bits per heavy atom. The fraction of sp³-hybridized carbons (Fsp3) is 0. The van der Waals surface area contributed by atoms with Crippen LogP contribution in [0.25, 0.3) is 44.0 Å². The zero-order valence-corrected chi connectivity index (χ0v) is 13.0. The summed E-state index contributed by atoms with van der Waals surface area (Å²) in [4.78, 5) is 8.26. The van der Waals surface area contributed by atoms with Crippen molar-refractivity contribution in [3.05, 3.63) is 72.8 Å². The number of anilines is 1. The van der Waals surface area contributed by atoms with Crippen LogP contribution in [0.2, 0.25) is 0 Å². The highest BCUT2D eigenvalue weighted by Crippen LogP contribution is 2.31. The summed E-state index contributed by atoms with van der Waals surface area (Å²) in [5.74, 6) is 0.845. The van der Waals surface area contributed by atoms with Crippen molar-refractivity contribution in [3.8, 4) is 11.4 Å². The highest BCUT2D eigenvalue weighted by molar-refractivity contribution is 6.15. The minimum atomic E-state index is 0.740. The standard InChI is InChI=1S/C21H15N3/c22-15-6-3-5-14(12-15)21-23-19-11-10-17-16-7-2-1-4-13(16)8-9-18(17)20(19)24-21/h1-12H,22H2,(H,23,24). The first-order valence-corrected chi connectivity index (χ1v) is 7.96. The molecule has 4 aromatic carbocycles. The molecule has 5 rings (SSSR count). The van der Waals surface area contributed by atoms with Crippen molar-refractivity contribution in [2.45, 2.75) is 0 Å². The number of benzene rings is 4. The van der Waals surface area contributed by atoms with Crippen molar-refractivity contribution >= 4 is 38.3 Å². The van der Waals surface area contributed by atoms with Crippen LogP contribution in [0.1, 0.15) is 0 Å². The lowest BCUT2D eigenvalue weighted by Crippen LogP contribution is -1.86. The fourth-order valence-electron chi connectivity index (χ4n) is 3.38. The quantitative estimate of drug-likeness (QED) is 0.333. The maximum absolute atomic E-state index is 5.90. The van der Waals surface area contributed by atoms with Crippen molar-refractivity contribution < 1.29 is 0 Å². The highest BCUT2D eigenvalue weighted by atomic mass is 14.9. The number of hydrogen-bond donors (Lipinski definition) is 2. The van der Waals surface area contributed by atoms with Crippen LogP contribution in [0.3, 0.4) is 0 Å². The van der Waals surface area contributed by atoms with Crippen molar-refractivity contribution in [1.82, 2.24) is 9.97 Å². The number of nitrogens with two attached hydrogens (primary N) is 1. The molecular weight excluding hydrogens is 294 g/mol. The fourth-order valence-corrected chi connectivity index (χ4v) is 3.38. The molecule has 0 spiro atoms. The third-order valence-electron chi connectivity index (χ3n) is 4.53. The average molecular weight is 309 g/mol. The number of aromatic amines is 1. The predicted octanol–water partition coefficient (Wildman–Crippen LogP) is 5.12. The average Bonchev–Trinajstić information content (AvgIpc) is 3.06. The minimum absolute atomic E-state index is 0.740. The molecule has 3 nitrogen and oxygen atoms in total. The van der Waals surface area contributed by atoms with Crippen molar-refractivity contribution in [3.63, 3.8) is 0 Å². The summed E-state index contributed by atoms with van der Waals surface area (Å²) in [7, 11) is 0. The van der Waals surface area contributed by atoms with Gasteiger partial charge in [0.2, 0.25) is 0 Å². The van der Waals surface area contributed by atoms with E-state index in [0.717, 1.165) is 33.5 Å². The number of nitrogens with zero attached hydrogens (tertiary/aromatic N) is 1. The molecule has 1 aromatic heterocycles. The second-order valence-electron chi connectivity index (χ2n) is 6.05. The van der Waals surface area contributed by atoms with Gasteiger partial charge < -0.3 is 10.7 Å². The van der Waals surface area contributed by atoms with Crippen molar-refractivity contribution in [2.24, 2.45) is 0 Å². The van der Waals surface area contributed by atoms with Crippen molar-refractivity contribution in [2.75, 3.05) is 5.73 Å². The molecule has 0 saturated heterocycles. The largest absolute Gasteiger partial charge is 0.399 e. The summed E-state index contributed by atoms with van der Waals surface area (Å²) in [5, 5.41) is 4.89. The number of imidazole rings is 1. The lowest BCUT2D eigenvalue weighted by atomic mass is 10.0. The van der Waals surface area contributed by atoms with E-state index >= 15 is 0 Å². The molecule has 1 heterocycles. The summed E-state index contributed by atoms with van der Waals surface area (Å²) in [5.41, 5.74) is 9.67. The van der Waals surface area contributed by atoms with Crippen LogP contribution in [0.5, 0.6) is 0 Å². The van der Waals surface area contributed by atoms with E-state index in [0.29, 0.717) is 0 Å². The molecule has 3 N–H and O–H groups in total. The number of nitrogens with one attached hydrogen (secondary N) is 1. The van der Waals surface area contributed by atoms with Crippen LogP contribution in [-0.4, -0.2) is 9.97 Å². The Morgan fingerprint density at radius 2 is 1.62 bits per heavy atom. The predicted molar refractivity (Wildman–Crippen MR) is 101 cm³/mol. The molecule has 24 heavy (non-hydrogen) atoms. The van der Waals surface area contributed by atoms with E-state index in [1.165, 1.54) is 16.2 Å². The van der Waals surface area contributed by atoms with Gasteiger partial charge in [-0.05, 0) is 34.4 Å². The van der Waals surface area contributed by atoms with E-state index in [4.69, 9.17) is 10.7 Å². The molecule has 0 bridgehead atoms. The molecule has 0 aliphatic rings. The molecule has 0 amide bonds. The number of fused-ring (bicyclic) bond motifs is 5. The summed E-state index contributed by atoms with van der Waals surface area (Å²) in [6.45, 7) is 0. The normalized spacial score (nSPS) is 11.5. The van der Waals surface area contributed by atoms with Gasteiger partial charge in [-0.25, -0.2) is 4.98 Å². The molecule has 0 aliphatic heterocycles. The maximum atomic E-state index is 5.90. The van der Waals surface area contributed by atoms with Crippen molar-refractivity contribution in [1.29, 1.82) is 0 Å². The second-order valence-corrected chi connectivity index (χ2v) is 6.05. The van der Waals surface area contributed by atoms with Crippen LogP contribution >= 0.6 is 0 Å². The van der Waals surface area contributed by atoms with E-state index in [-0.39, 0.29) is 0 Å².